The first-order chi connectivity index (χ1) is 12.2. The van der Waals surface area contributed by atoms with E-state index in [0.717, 1.165) is 5.56 Å². The summed E-state index contributed by atoms with van der Waals surface area (Å²) in [5.41, 5.74) is 1.92. The van der Waals surface area contributed by atoms with Gasteiger partial charge in [0.2, 0.25) is 0 Å². The van der Waals surface area contributed by atoms with Gasteiger partial charge in [0, 0.05) is 29.7 Å². The van der Waals surface area contributed by atoms with Gasteiger partial charge in [-0.1, -0.05) is 5.16 Å². The second kappa shape index (κ2) is 6.11. The van der Waals surface area contributed by atoms with Gasteiger partial charge in [-0.3, -0.25) is 14.2 Å². The van der Waals surface area contributed by atoms with Gasteiger partial charge in [-0.2, -0.15) is 4.98 Å². The molecule has 0 saturated heterocycles. The third-order valence-corrected chi connectivity index (χ3v) is 3.60. The first-order valence-corrected chi connectivity index (χ1v) is 7.53. The Hall–Kier alpha value is -3.62. The van der Waals surface area contributed by atoms with Crippen LogP contribution in [0, 0.1) is 6.92 Å². The van der Waals surface area contributed by atoms with Crippen LogP contribution in [-0.2, 0) is 6.54 Å². The Bertz CT molecular complexity index is 1040. The lowest BCUT2D eigenvalue weighted by Crippen LogP contribution is -2.23. The van der Waals surface area contributed by atoms with Crippen LogP contribution in [0.15, 0.2) is 47.4 Å². The number of carbonyl (C=O) groups excluding carboxylic acids is 1. The summed E-state index contributed by atoms with van der Waals surface area (Å²) in [6.07, 6.45) is 4.95. The van der Waals surface area contributed by atoms with Crippen molar-refractivity contribution in [3.8, 4) is 11.5 Å². The van der Waals surface area contributed by atoms with Crippen LogP contribution in [0.25, 0.3) is 17.1 Å². The number of amides is 1. The molecule has 25 heavy (non-hydrogen) atoms. The Morgan fingerprint density at radius 3 is 2.84 bits per heavy atom. The highest BCUT2D eigenvalue weighted by Crippen LogP contribution is 2.18. The maximum absolute atomic E-state index is 12.1. The third-order valence-electron chi connectivity index (χ3n) is 3.60. The zero-order chi connectivity index (χ0) is 17.2. The van der Waals surface area contributed by atoms with E-state index >= 15 is 0 Å². The van der Waals surface area contributed by atoms with Crippen LogP contribution in [0.3, 0.4) is 0 Å². The van der Waals surface area contributed by atoms with E-state index in [1.54, 1.807) is 48.1 Å². The molecule has 0 unspecified atom stereocenters. The summed E-state index contributed by atoms with van der Waals surface area (Å²) in [6.45, 7) is 2.01. The predicted octanol–water partition coefficient (Wildman–Crippen LogP) is 1.41. The monoisotopic (exact) mass is 335 g/mol. The highest BCUT2D eigenvalue weighted by molar-refractivity contribution is 5.93. The van der Waals surface area contributed by atoms with Crippen LogP contribution < -0.4 is 5.32 Å². The van der Waals surface area contributed by atoms with Crippen molar-refractivity contribution < 1.29 is 9.32 Å². The van der Waals surface area contributed by atoms with Gasteiger partial charge in [-0.25, -0.2) is 0 Å². The predicted molar refractivity (Wildman–Crippen MR) is 86.4 cm³/mol. The van der Waals surface area contributed by atoms with Crippen LogP contribution in [0.5, 0.6) is 0 Å². The lowest BCUT2D eigenvalue weighted by molar-refractivity contribution is 0.0949. The molecule has 124 valence electrons. The molecule has 0 atom stereocenters. The number of nitrogens with zero attached hydrogens (tertiary/aromatic N) is 6. The molecule has 4 heterocycles. The highest BCUT2D eigenvalue weighted by atomic mass is 16.5. The van der Waals surface area contributed by atoms with E-state index in [0.29, 0.717) is 28.8 Å². The minimum absolute atomic E-state index is 0.197. The van der Waals surface area contributed by atoms with Gasteiger partial charge in [-0.05, 0) is 31.2 Å². The molecule has 4 aromatic rings. The maximum atomic E-state index is 12.1. The maximum Gasteiger partial charge on any atom is 0.258 e. The molecule has 0 fully saturated rings. The Kier molecular flexibility index (Phi) is 3.65. The fraction of sp³-hybridized carbons (Fsp3) is 0.125. The Morgan fingerprint density at radius 2 is 2.08 bits per heavy atom. The second-order valence-corrected chi connectivity index (χ2v) is 5.33. The zero-order valence-electron chi connectivity index (χ0n) is 13.2. The summed E-state index contributed by atoms with van der Waals surface area (Å²) in [6, 6.07) is 6.93. The number of aromatic nitrogens is 6. The number of nitrogens with one attached hydrogen (secondary N) is 1. The standard InChI is InChI=1S/C16H13N7O2/c1-10-19-16(25-22-10)12-4-7-23-13(8-12)20-21-14(23)9-18-15(24)11-2-5-17-6-3-11/h2-8H,9H2,1H3,(H,18,24). The van der Waals surface area contributed by atoms with Crippen LogP contribution in [-0.4, -0.2) is 35.6 Å². The largest absolute Gasteiger partial charge is 0.345 e. The van der Waals surface area contributed by atoms with Gasteiger partial charge in [0.05, 0.1) is 6.54 Å². The van der Waals surface area contributed by atoms with Crippen molar-refractivity contribution in [3.63, 3.8) is 0 Å². The number of carbonyl (C=O) groups is 1. The van der Waals surface area contributed by atoms with Gasteiger partial charge in [0.25, 0.3) is 11.8 Å². The van der Waals surface area contributed by atoms with Gasteiger partial charge in [0.15, 0.2) is 17.3 Å². The van der Waals surface area contributed by atoms with Gasteiger partial charge >= 0.3 is 0 Å². The smallest absolute Gasteiger partial charge is 0.258 e. The van der Waals surface area contributed by atoms with E-state index in [-0.39, 0.29) is 12.5 Å². The van der Waals surface area contributed by atoms with Crippen LogP contribution >= 0.6 is 0 Å². The number of hydrogen-bond donors (Lipinski definition) is 1. The van der Waals surface area contributed by atoms with E-state index in [1.807, 2.05) is 6.07 Å². The van der Waals surface area contributed by atoms with Crippen molar-refractivity contribution in [1.82, 2.24) is 35.0 Å². The normalized spacial score (nSPS) is 10.9. The Balaban J connectivity index is 1.54. The fourth-order valence-electron chi connectivity index (χ4n) is 2.37. The average molecular weight is 335 g/mol. The SMILES string of the molecule is Cc1noc(-c2ccn3c(CNC(=O)c4ccncc4)nnc3c2)n1. The molecular weight excluding hydrogens is 322 g/mol. The fourth-order valence-corrected chi connectivity index (χ4v) is 2.37. The first kappa shape index (κ1) is 14.9. The lowest BCUT2D eigenvalue weighted by atomic mass is 10.2. The van der Waals surface area contributed by atoms with Gasteiger partial charge < -0.3 is 9.84 Å². The topological polar surface area (TPSA) is 111 Å². The van der Waals surface area contributed by atoms with Crippen molar-refractivity contribution in [2.45, 2.75) is 13.5 Å². The van der Waals surface area contributed by atoms with Crippen LogP contribution in [0.4, 0.5) is 0 Å². The molecule has 0 saturated carbocycles. The summed E-state index contributed by atoms with van der Waals surface area (Å²) in [7, 11) is 0. The number of hydrogen-bond acceptors (Lipinski definition) is 7. The van der Waals surface area contributed by atoms with Crippen molar-refractivity contribution in [3.05, 3.63) is 60.1 Å². The van der Waals surface area contributed by atoms with Crippen molar-refractivity contribution in [2.75, 3.05) is 0 Å². The Labute approximate surface area is 141 Å². The minimum Gasteiger partial charge on any atom is -0.345 e. The van der Waals surface area contributed by atoms with Crippen molar-refractivity contribution in [2.24, 2.45) is 0 Å². The molecule has 9 heteroatoms. The van der Waals surface area contributed by atoms with Crippen molar-refractivity contribution in [1.29, 1.82) is 0 Å². The number of fused-ring (bicyclic) bond motifs is 1. The quantitative estimate of drug-likeness (QED) is 0.600. The molecule has 1 amide bonds. The molecule has 0 aliphatic carbocycles. The van der Waals surface area contributed by atoms with E-state index in [1.165, 1.54) is 0 Å². The number of rotatable bonds is 4. The number of aryl methyl sites for hydroxylation is 1. The summed E-state index contributed by atoms with van der Waals surface area (Å²) in [5, 5.41) is 14.8. The molecule has 0 aliphatic rings. The molecule has 1 N–H and O–H groups in total. The second-order valence-electron chi connectivity index (χ2n) is 5.33. The summed E-state index contributed by atoms with van der Waals surface area (Å²) in [4.78, 5) is 20.2. The molecule has 9 nitrogen and oxygen atoms in total. The van der Waals surface area contributed by atoms with Gasteiger partial charge in [-0.15, -0.1) is 10.2 Å². The molecule has 4 aromatic heterocycles. The van der Waals surface area contributed by atoms with Crippen LogP contribution in [0.2, 0.25) is 0 Å². The Morgan fingerprint density at radius 1 is 1.24 bits per heavy atom. The van der Waals surface area contributed by atoms with Crippen LogP contribution in [0.1, 0.15) is 22.0 Å². The summed E-state index contributed by atoms with van der Waals surface area (Å²) >= 11 is 0. The molecule has 0 bridgehead atoms. The van der Waals surface area contributed by atoms with E-state index < -0.39 is 0 Å². The average Bonchev–Trinajstić information content (AvgIpc) is 3.26. The molecule has 0 aliphatic heterocycles. The molecular formula is C16H13N7O2. The van der Waals surface area contributed by atoms with E-state index in [4.69, 9.17) is 4.52 Å². The van der Waals surface area contributed by atoms with E-state index in [9.17, 15) is 4.79 Å². The lowest BCUT2D eigenvalue weighted by Gasteiger charge is -2.04. The van der Waals surface area contributed by atoms with E-state index in [2.05, 4.69) is 30.6 Å². The summed E-state index contributed by atoms with van der Waals surface area (Å²) in [5.74, 6) is 1.41. The minimum atomic E-state index is -0.197. The summed E-state index contributed by atoms with van der Waals surface area (Å²) < 4.78 is 6.94. The zero-order valence-corrected chi connectivity index (χ0v) is 13.2. The molecule has 0 aromatic carbocycles. The highest BCUT2D eigenvalue weighted by Gasteiger charge is 2.12. The molecule has 0 spiro atoms. The number of pyridine rings is 2. The molecule has 4 rings (SSSR count). The van der Waals surface area contributed by atoms with Gasteiger partial charge in [0.1, 0.15) is 0 Å². The van der Waals surface area contributed by atoms with Crippen molar-refractivity contribution >= 4 is 11.6 Å². The third kappa shape index (κ3) is 2.94. The first-order valence-electron chi connectivity index (χ1n) is 7.53. The molecule has 0 radical (unpaired) electrons.